The van der Waals surface area contributed by atoms with E-state index in [2.05, 4.69) is 5.16 Å². The third kappa shape index (κ3) is 3.73. The van der Waals surface area contributed by atoms with Gasteiger partial charge in [-0.15, -0.1) is 0 Å². The second-order valence-electron chi connectivity index (χ2n) is 5.10. The van der Waals surface area contributed by atoms with Crippen LogP contribution >= 0.6 is 11.6 Å². The van der Waals surface area contributed by atoms with Crippen molar-refractivity contribution in [3.63, 3.8) is 0 Å². The molecule has 1 N–H and O–H groups in total. The Morgan fingerprint density at radius 1 is 1.25 bits per heavy atom. The summed E-state index contributed by atoms with van der Waals surface area (Å²) in [6.45, 7) is 0. The second kappa shape index (κ2) is 6.59. The van der Waals surface area contributed by atoms with Crippen molar-refractivity contribution in [2.24, 2.45) is 11.1 Å². The number of rotatable bonds is 4. The Morgan fingerprint density at radius 2 is 1.95 bits per heavy atom. The molecular formula is C14H18ClNO3S. The Morgan fingerprint density at radius 3 is 2.60 bits per heavy atom. The predicted molar refractivity (Wildman–Crippen MR) is 79.3 cm³/mol. The third-order valence-corrected chi connectivity index (χ3v) is 5.76. The quantitative estimate of drug-likeness (QED) is 0.682. The molecule has 0 unspecified atom stereocenters. The molecule has 0 aliphatic heterocycles. The lowest BCUT2D eigenvalue weighted by Crippen LogP contribution is -2.22. The van der Waals surface area contributed by atoms with Gasteiger partial charge in [0.05, 0.1) is 16.4 Å². The highest BCUT2D eigenvalue weighted by atomic mass is 35.5. The molecular weight excluding hydrogens is 298 g/mol. The van der Waals surface area contributed by atoms with Crippen molar-refractivity contribution in [2.45, 2.75) is 37.0 Å². The Bertz CT molecular complexity index is 581. The maximum absolute atomic E-state index is 12.2. The van der Waals surface area contributed by atoms with E-state index in [1.165, 1.54) is 12.1 Å². The van der Waals surface area contributed by atoms with Gasteiger partial charge in [0.25, 0.3) is 0 Å². The first kappa shape index (κ1) is 15.3. The summed E-state index contributed by atoms with van der Waals surface area (Å²) in [7, 11) is -3.30. The standard InChI is InChI=1S/C14H18ClNO3S/c15-12-5-7-13(8-6-12)20(18,19)10-9-11-3-1-2-4-14(11)16-17/h5-8,11,17H,1-4,9-10H2/b16-14+/t11-/m1/s1. The molecule has 1 saturated carbocycles. The normalized spacial score (nSPS) is 22.1. The number of benzene rings is 1. The first-order valence-electron chi connectivity index (χ1n) is 6.72. The minimum atomic E-state index is -3.30. The molecule has 4 nitrogen and oxygen atoms in total. The Balaban J connectivity index is 2.03. The fourth-order valence-corrected chi connectivity index (χ4v) is 4.07. The maximum atomic E-state index is 12.2. The highest BCUT2D eigenvalue weighted by molar-refractivity contribution is 7.91. The molecule has 0 amide bonds. The van der Waals surface area contributed by atoms with Crippen molar-refractivity contribution >= 4 is 27.1 Å². The summed E-state index contributed by atoms with van der Waals surface area (Å²) in [5, 5.41) is 12.8. The fourth-order valence-electron chi connectivity index (χ4n) is 2.57. The molecule has 1 atom stereocenters. The van der Waals surface area contributed by atoms with E-state index >= 15 is 0 Å². The SMILES string of the molecule is O=S(=O)(CC[C@H]1CCCC/C1=N\O)c1ccc(Cl)cc1. The summed E-state index contributed by atoms with van der Waals surface area (Å²) in [5.41, 5.74) is 0.738. The van der Waals surface area contributed by atoms with Gasteiger partial charge in [0.2, 0.25) is 0 Å². The molecule has 20 heavy (non-hydrogen) atoms. The second-order valence-corrected chi connectivity index (χ2v) is 7.64. The summed E-state index contributed by atoms with van der Waals surface area (Å²) in [6, 6.07) is 6.21. The van der Waals surface area contributed by atoms with Crippen LogP contribution < -0.4 is 0 Å². The first-order chi connectivity index (χ1) is 9.53. The first-order valence-corrected chi connectivity index (χ1v) is 8.75. The monoisotopic (exact) mass is 315 g/mol. The van der Waals surface area contributed by atoms with Gasteiger partial charge >= 0.3 is 0 Å². The molecule has 1 fully saturated rings. The van der Waals surface area contributed by atoms with E-state index in [1.807, 2.05) is 0 Å². The molecule has 0 saturated heterocycles. The predicted octanol–water partition coefficient (Wildman–Crippen LogP) is 3.52. The zero-order valence-electron chi connectivity index (χ0n) is 11.1. The molecule has 0 aromatic heterocycles. The summed E-state index contributed by atoms with van der Waals surface area (Å²) in [6.07, 6.45) is 4.24. The van der Waals surface area contributed by atoms with Crippen LogP contribution in [0.5, 0.6) is 0 Å². The Hall–Kier alpha value is -1.07. The van der Waals surface area contributed by atoms with Crippen LogP contribution in [0.25, 0.3) is 0 Å². The molecule has 1 aliphatic carbocycles. The van der Waals surface area contributed by atoms with E-state index in [9.17, 15) is 8.42 Å². The molecule has 0 bridgehead atoms. The number of hydrogen-bond donors (Lipinski definition) is 1. The number of sulfone groups is 1. The summed E-state index contributed by atoms with van der Waals surface area (Å²) in [4.78, 5) is 0.292. The van der Waals surface area contributed by atoms with E-state index in [1.54, 1.807) is 12.1 Å². The van der Waals surface area contributed by atoms with Crippen molar-refractivity contribution in [2.75, 3.05) is 5.75 Å². The molecule has 1 aromatic rings. The maximum Gasteiger partial charge on any atom is 0.178 e. The fraction of sp³-hybridized carbons (Fsp3) is 0.500. The van der Waals surface area contributed by atoms with Gasteiger partial charge in [-0.05, 0) is 49.9 Å². The van der Waals surface area contributed by atoms with E-state index in [0.29, 0.717) is 16.3 Å². The summed E-state index contributed by atoms with van der Waals surface area (Å²) in [5.74, 6) is 0.147. The Kier molecular flexibility index (Phi) is 5.05. The van der Waals surface area contributed by atoms with Crippen LogP contribution in [0.3, 0.4) is 0 Å². The van der Waals surface area contributed by atoms with Gasteiger partial charge in [-0.1, -0.05) is 23.2 Å². The van der Waals surface area contributed by atoms with Gasteiger partial charge in [-0.2, -0.15) is 0 Å². The number of halogens is 1. The lowest BCUT2D eigenvalue weighted by atomic mass is 9.85. The molecule has 0 radical (unpaired) electrons. The van der Waals surface area contributed by atoms with Gasteiger partial charge < -0.3 is 5.21 Å². The van der Waals surface area contributed by atoms with Crippen molar-refractivity contribution in [1.29, 1.82) is 0 Å². The molecule has 0 heterocycles. The van der Waals surface area contributed by atoms with Crippen molar-refractivity contribution < 1.29 is 13.6 Å². The largest absolute Gasteiger partial charge is 0.411 e. The lowest BCUT2D eigenvalue weighted by Gasteiger charge is -2.22. The Labute approximate surface area is 124 Å². The van der Waals surface area contributed by atoms with E-state index in [0.717, 1.165) is 31.4 Å². The van der Waals surface area contributed by atoms with Crippen molar-refractivity contribution in [3.05, 3.63) is 29.3 Å². The molecule has 1 aliphatic rings. The minimum absolute atomic E-state index is 0.0678. The van der Waals surface area contributed by atoms with Gasteiger partial charge in [0.15, 0.2) is 9.84 Å². The number of oxime groups is 1. The molecule has 2 rings (SSSR count). The zero-order valence-corrected chi connectivity index (χ0v) is 12.7. The summed E-state index contributed by atoms with van der Waals surface area (Å²) >= 11 is 5.76. The topological polar surface area (TPSA) is 66.7 Å². The van der Waals surface area contributed by atoms with E-state index < -0.39 is 9.84 Å². The van der Waals surface area contributed by atoms with Gasteiger partial charge in [-0.25, -0.2) is 8.42 Å². The van der Waals surface area contributed by atoms with Crippen molar-refractivity contribution in [3.8, 4) is 0 Å². The van der Waals surface area contributed by atoms with Crippen LogP contribution in [-0.4, -0.2) is 25.1 Å². The highest BCUT2D eigenvalue weighted by Gasteiger charge is 2.24. The van der Waals surface area contributed by atoms with Gasteiger partial charge in [0, 0.05) is 10.9 Å². The average Bonchev–Trinajstić information content (AvgIpc) is 2.46. The highest BCUT2D eigenvalue weighted by Crippen LogP contribution is 2.26. The van der Waals surface area contributed by atoms with Crippen molar-refractivity contribution in [1.82, 2.24) is 0 Å². The average molecular weight is 316 g/mol. The zero-order chi connectivity index (χ0) is 14.6. The van der Waals surface area contributed by atoms with Crippen LogP contribution in [0.4, 0.5) is 0 Å². The van der Waals surface area contributed by atoms with Crippen LogP contribution in [-0.2, 0) is 9.84 Å². The smallest absolute Gasteiger partial charge is 0.178 e. The van der Waals surface area contributed by atoms with Gasteiger partial charge in [-0.3, -0.25) is 0 Å². The molecule has 110 valence electrons. The molecule has 1 aromatic carbocycles. The lowest BCUT2D eigenvalue weighted by molar-refractivity contribution is 0.308. The summed E-state index contributed by atoms with van der Waals surface area (Å²) < 4.78 is 24.5. The van der Waals surface area contributed by atoms with E-state index in [4.69, 9.17) is 16.8 Å². The van der Waals surface area contributed by atoms with Crippen LogP contribution in [0.2, 0.25) is 5.02 Å². The number of hydrogen-bond acceptors (Lipinski definition) is 4. The third-order valence-electron chi connectivity index (χ3n) is 3.74. The minimum Gasteiger partial charge on any atom is -0.411 e. The van der Waals surface area contributed by atoms with Crippen LogP contribution in [0.15, 0.2) is 34.3 Å². The van der Waals surface area contributed by atoms with Crippen LogP contribution in [0, 0.1) is 5.92 Å². The van der Waals surface area contributed by atoms with Crippen LogP contribution in [0.1, 0.15) is 32.1 Å². The number of nitrogens with zero attached hydrogens (tertiary/aromatic N) is 1. The van der Waals surface area contributed by atoms with Gasteiger partial charge in [0.1, 0.15) is 0 Å². The van der Waals surface area contributed by atoms with E-state index in [-0.39, 0.29) is 11.7 Å². The molecule has 6 heteroatoms. The molecule has 0 spiro atoms.